The second-order valence-corrected chi connectivity index (χ2v) is 8.17. The zero-order valence-electron chi connectivity index (χ0n) is 8.99. The highest BCUT2D eigenvalue weighted by Gasteiger charge is 2.30. The summed E-state index contributed by atoms with van der Waals surface area (Å²) in [7, 11) is -2.89. The van der Waals surface area contributed by atoms with Crippen molar-refractivity contribution < 1.29 is 8.42 Å². The zero-order chi connectivity index (χ0) is 12.5. The molecule has 7 heteroatoms. The van der Waals surface area contributed by atoms with Gasteiger partial charge in [0.15, 0.2) is 9.84 Å². The number of nitrogens with zero attached hydrogens (tertiary/aromatic N) is 1. The summed E-state index contributed by atoms with van der Waals surface area (Å²) in [5.74, 6) is 0.990. The molecule has 1 N–H and O–H groups in total. The Kier molecular flexibility index (Phi) is 4.10. The number of aromatic nitrogens is 1. The van der Waals surface area contributed by atoms with Gasteiger partial charge in [0.1, 0.15) is 5.82 Å². The molecule has 1 aliphatic heterocycles. The monoisotopic (exact) mass is 382 g/mol. The average Bonchev–Trinajstić information content (AvgIpc) is 2.57. The molecule has 0 amide bonds. The van der Waals surface area contributed by atoms with E-state index in [-0.39, 0.29) is 5.25 Å². The van der Waals surface area contributed by atoms with Gasteiger partial charge in [-0.1, -0.05) is 0 Å². The SMILES string of the molecule is O=S1(=O)CCCC1CNc1ncc(Br)cc1Br. The summed E-state index contributed by atoms with van der Waals surface area (Å²) in [6, 6.07) is 1.87. The molecule has 0 spiro atoms. The van der Waals surface area contributed by atoms with Crippen molar-refractivity contribution in [3.8, 4) is 0 Å². The molecule has 94 valence electrons. The molecule has 4 nitrogen and oxygen atoms in total. The Morgan fingerprint density at radius 1 is 1.47 bits per heavy atom. The van der Waals surface area contributed by atoms with Gasteiger partial charge in [0, 0.05) is 17.2 Å². The second kappa shape index (κ2) is 5.24. The van der Waals surface area contributed by atoms with E-state index in [1.54, 1.807) is 6.20 Å². The number of nitrogens with one attached hydrogen (secondary N) is 1. The molecule has 17 heavy (non-hydrogen) atoms. The van der Waals surface area contributed by atoms with Crippen molar-refractivity contribution in [2.75, 3.05) is 17.6 Å². The van der Waals surface area contributed by atoms with Gasteiger partial charge >= 0.3 is 0 Å². The maximum Gasteiger partial charge on any atom is 0.154 e. The summed E-state index contributed by atoms with van der Waals surface area (Å²) in [4.78, 5) is 4.19. The number of pyridine rings is 1. The molecule has 1 aromatic rings. The number of halogens is 2. The molecule has 2 rings (SSSR count). The lowest BCUT2D eigenvalue weighted by Crippen LogP contribution is -2.25. The van der Waals surface area contributed by atoms with E-state index in [0.29, 0.717) is 18.1 Å². The second-order valence-electron chi connectivity index (χ2n) is 4.00. The number of rotatable bonds is 3. The van der Waals surface area contributed by atoms with E-state index in [4.69, 9.17) is 0 Å². The lowest BCUT2D eigenvalue weighted by atomic mass is 10.2. The van der Waals surface area contributed by atoms with Gasteiger partial charge in [-0.3, -0.25) is 0 Å². The van der Waals surface area contributed by atoms with Crippen molar-refractivity contribution in [2.24, 2.45) is 0 Å². The van der Waals surface area contributed by atoms with Crippen LogP contribution in [-0.2, 0) is 9.84 Å². The van der Waals surface area contributed by atoms with Crippen LogP contribution in [0, 0.1) is 0 Å². The standard InChI is InChI=1S/C10H12Br2N2O2S/c11-7-4-9(12)10(13-5-7)14-6-8-2-1-3-17(8,15)16/h4-5,8H,1-3,6H2,(H,13,14). The van der Waals surface area contributed by atoms with Gasteiger partial charge in [-0.15, -0.1) is 0 Å². The van der Waals surface area contributed by atoms with Crippen molar-refractivity contribution >= 4 is 47.5 Å². The molecule has 2 heterocycles. The van der Waals surface area contributed by atoms with Crippen molar-refractivity contribution in [2.45, 2.75) is 18.1 Å². The molecule has 1 unspecified atom stereocenters. The molecular weight excluding hydrogens is 372 g/mol. The maximum absolute atomic E-state index is 11.6. The fourth-order valence-electron chi connectivity index (χ4n) is 1.84. The van der Waals surface area contributed by atoms with Gasteiger partial charge in [-0.25, -0.2) is 13.4 Å². The lowest BCUT2D eigenvalue weighted by Gasteiger charge is -2.12. The zero-order valence-corrected chi connectivity index (χ0v) is 13.0. The molecule has 1 aromatic heterocycles. The Bertz CT molecular complexity index is 519. The van der Waals surface area contributed by atoms with Crippen LogP contribution in [0.4, 0.5) is 5.82 Å². The first kappa shape index (κ1) is 13.3. The van der Waals surface area contributed by atoms with Gasteiger partial charge < -0.3 is 5.32 Å². The molecule has 0 aliphatic carbocycles. The molecule has 0 radical (unpaired) electrons. The third-order valence-electron chi connectivity index (χ3n) is 2.77. The van der Waals surface area contributed by atoms with Crippen LogP contribution in [-0.4, -0.2) is 30.9 Å². The van der Waals surface area contributed by atoms with Gasteiger partial charge in [0.2, 0.25) is 0 Å². The van der Waals surface area contributed by atoms with Crippen molar-refractivity contribution in [3.05, 3.63) is 21.2 Å². The predicted octanol–water partition coefficient (Wildman–Crippen LogP) is 2.60. The van der Waals surface area contributed by atoms with Crippen molar-refractivity contribution in [1.29, 1.82) is 0 Å². The minimum absolute atomic E-state index is 0.278. The third kappa shape index (κ3) is 3.20. The number of sulfone groups is 1. The van der Waals surface area contributed by atoms with Crippen molar-refractivity contribution in [1.82, 2.24) is 4.98 Å². The van der Waals surface area contributed by atoms with Crippen LogP contribution in [0.1, 0.15) is 12.8 Å². The third-order valence-corrected chi connectivity index (χ3v) is 6.08. The van der Waals surface area contributed by atoms with Crippen LogP contribution in [0.25, 0.3) is 0 Å². The fourth-order valence-corrected chi connectivity index (χ4v) is 4.74. The molecule has 1 aliphatic rings. The number of hydrogen-bond acceptors (Lipinski definition) is 4. The highest BCUT2D eigenvalue weighted by Crippen LogP contribution is 2.25. The van der Waals surface area contributed by atoms with Crippen LogP contribution in [0.3, 0.4) is 0 Å². The van der Waals surface area contributed by atoms with E-state index in [0.717, 1.165) is 21.8 Å². The highest BCUT2D eigenvalue weighted by molar-refractivity contribution is 9.11. The number of anilines is 1. The van der Waals surface area contributed by atoms with Crippen molar-refractivity contribution in [3.63, 3.8) is 0 Å². The summed E-state index contributed by atoms with van der Waals surface area (Å²) in [5, 5.41) is 2.80. The molecular formula is C10H12Br2N2O2S. The molecule has 0 bridgehead atoms. The van der Waals surface area contributed by atoms with Crippen LogP contribution >= 0.6 is 31.9 Å². The Labute approximate surface area is 117 Å². The van der Waals surface area contributed by atoms with Gasteiger partial charge in [-0.05, 0) is 50.8 Å². The van der Waals surface area contributed by atoms with E-state index in [2.05, 4.69) is 42.2 Å². The Balaban J connectivity index is 2.03. The Morgan fingerprint density at radius 3 is 2.82 bits per heavy atom. The molecule has 0 aromatic carbocycles. The quantitative estimate of drug-likeness (QED) is 0.871. The Hall–Kier alpha value is -0.140. The highest BCUT2D eigenvalue weighted by atomic mass is 79.9. The first-order valence-electron chi connectivity index (χ1n) is 5.25. The van der Waals surface area contributed by atoms with Crippen LogP contribution in [0.15, 0.2) is 21.2 Å². The average molecular weight is 384 g/mol. The summed E-state index contributed by atoms with van der Waals surface area (Å²) in [6.07, 6.45) is 3.18. The fraction of sp³-hybridized carbons (Fsp3) is 0.500. The first-order chi connectivity index (χ1) is 7.99. The minimum atomic E-state index is -2.89. The van der Waals surface area contributed by atoms with Gasteiger partial charge in [0.05, 0.1) is 15.5 Å². The summed E-state index contributed by atoms with van der Waals surface area (Å²) < 4.78 is 25.0. The summed E-state index contributed by atoms with van der Waals surface area (Å²) in [6.45, 7) is 0.426. The van der Waals surface area contributed by atoms with Gasteiger partial charge in [0.25, 0.3) is 0 Å². The normalized spacial score (nSPS) is 22.6. The molecule has 1 saturated heterocycles. The minimum Gasteiger partial charge on any atom is -0.368 e. The summed E-state index contributed by atoms with van der Waals surface area (Å²) >= 11 is 6.70. The van der Waals surface area contributed by atoms with E-state index >= 15 is 0 Å². The Morgan fingerprint density at radius 2 is 2.24 bits per heavy atom. The van der Waals surface area contributed by atoms with Crippen LogP contribution in [0.2, 0.25) is 0 Å². The van der Waals surface area contributed by atoms with E-state index in [1.165, 1.54) is 0 Å². The topological polar surface area (TPSA) is 59.1 Å². The van der Waals surface area contributed by atoms with E-state index in [9.17, 15) is 8.42 Å². The smallest absolute Gasteiger partial charge is 0.154 e. The predicted molar refractivity (Wildman–Crippen MR) is 74.9 cm³/mol. The first-order valence-corrected chi connectivity index (χ1v) is 8.55. The van der Waals surface area contributed by atoms with E-state index < -0.39 is 9.84 Å². The number of hydrogen-bond donors (Lipinski definition) is 1. The van der Waals surface area contributed by atoms with Gasteiger partial charge in [-0.2, -0.15) is 0 Å². The van der Waals surface area contributed by atoms with Crippen LogP contribution < -0.4 is 5.32 Å². The molecule has 0 saturated carbocycles. The van der Waals surface area contributed by atoms with Crippen LogP contribution in [0.5, 0.6) is 0 Å². The molecule has 1 fully saturated rings. The molecule has 1 atom stereocenters. The maximum atomic E-state index is 11.6. The largest absolute Gasteiger partial charge is 0.368 e. The summed E-state index contributed by atoms with van der Waals surface area (Å²) in [5.41, 5.74) is 0. The lowest BCUT2D eigenvalue weighted by molar-refractivity contribution is 0.591. The van der Waals surface area contributed by atoms with E-state index in [1.807, 2.05) is 6.07 Å².